The number of carbonyl (C=O) groups excluding carboxylic acids is 2. The van der Waals surface area contributed by atoms with Crippen LogP contribution in [0.5, 0.6) is 0 Å². The molecule has 4 aromatic carbocycles. The molecule has 6 nitrogen and oxygen atoms in total. The van der Waals surface area contributed by atoms with Crippen molar-refractivity contribution in [1.82, 2.24) is 5.32 Å². The van der Waals surface area contributed by atoms with Crippen molar-refractivity contribution in [1.29, 1.82) is 0 Å². The van der Waals surface area contributed by atoms with Crippen molar-refractivity contribution in [3.8, 4) is 11.1 Å². The van der Waals surface area contributed by atoms with Crippen LogP contribution in [0.1, 0.15) is 75.0 Å². The highest BCUT2D eigenvalue weighted by atomic mass is 19.4. The third-order valence-corrected chi connectivity index (χ3v) is 7.99. The minimum absolute atomic E-state index is 0. The molecule has 1 aliphatic carbocycles. The second-order valence-corrected chi connectivity index (χ2v) is 11.1. The van der Waals surface area contributed by atoms with Gasteiger partial charge in [-0.25, -0.2) is 4.79 Å². The standard InChI is InChI=1S/C36H36F3N3O3.2CH4/c1-2-45-35(44)33(25-8-4-3-5-9-25)41-29-20-16-27(17-21-29)40-28-18-22-30(23-19-28)42-34(43)32-11-7-6-10-31(32)24-12-14-26(15-13-24)36(37,38)39;;/h3-15,18-19,22-23,27,29,33,40-41H,2,16-17,20-21H2,1H3,(H,42,43);2*1H4. The average Bonchev–Trinajstić information content (AvgIpc) is 3.05. The number of benzene rings is 4. The molecule has 9 heteroatoms. The van der Waals surface area contributed by atoms with E-state index in [9.17, 15) is 22.8 Å². The molecule has 0 radical (unpaired) electrons. The molecular formula is C38H44F3N3O3. The Morgan fingerprint density at radius 3 is 1.96 bits per heavy atom. The van der Waals surface area contributed by atoms with Crippen LogP contribution in [-0.4, -0.2) is 30.6 Å². The number of esters is 1. The van der Waals surface area contributed by atoms with Gasteiger partial charge in [0.05, 0.1) is 12.2 Å². The van der Waals surface area contributed by atoms with Crippen molar-refractivity contribution in [2.45, 2.75) is 71.8 Å². The summed E-state index contributed by atoms with van der Waals surface area (Å²) >= 11 is 0. The van der Waals surface area contributed by atoms with Crippen molar-refractivity contribution in [2.75, 3.05) is 17.2 Å². The summed E-state index contributed by atoms with van der Waals surface area (Å²) < 4.78 is 44.3. The molecule has 1 amide bonds. The molecule has 250 valence electrons. The second-order valence-electron chi connectivity index (χ2n) is 11.1. The smallest absolute Gasteiger partial charge is 0.416 e. The molecule has 5 rings (SSSR count). The number of nitrogens with one attached hydrogen (secondary N) is 3. The van der Waals surface area contributed by atoms with Crippen LogP contribution < -0.4 is 16.0 Å². The van der Waals surface area contributed by atoms with E-state index in [0.29, 0.717) is 29.0 Å². The molecule has 0 heterocycles. The maximum Gasteiger partial charge on any atom is 0.416 e. The van der Waals surface area contributed by atoms with E-state index >= 15 is 0 Å². The number of halogens is 3. The normalized spacial score (nSPS) is 16.5. The van der Waals surface area contributed by atoms with E-state index in [1.54, 1.807) is 24.3 Å². The average molecular weight is 648 g/mol. The summed E-state index contributed by atoms with van der Waals surface area (Å²) in [6.45, 7) is 2.14. The lowest BCUT2D eigenvalue weighted by Crippen LogP contribution is -2.41. The van der Waals surface area contributed by atoms with Gasteiger partial charge in [0.25, 0.3) is 5.91 Å². The van der Waals surface area contributed by atoms with E-state index in [1.165, 1.54) is 12.1 Å². The van der Waals surface area contributed by atoms with Gasteiger partial charge in [0.1, 0.15) is 6.04 Å². The Morgan fingerprint density at radius 1 is 0.766 bits per heavy atom. The zero-order valence-corrected chi connectivity index (χ0v) is 24.9. The number of anilines is 2. The van der Waals surface area contributed by atoms with E-state index in [1.807, 2.05) is 61.5 Å². The first-order valence-electron chi connectivity index (χ1n) is 15.1. The third kappa shape index (κ3) is 9.68. The van der Waals surface area contributed by atoms with Gasteiger partial charge in [-0.05, 0) is 91.8 Å². The zero-order chi connectivity index (χ0) is 31.8. The molecule has 47 heavy (non-hydrogen) atoms. The first kappa shape index (κ1) is 36.8. The third-order valence-electron chi connectivity index (χ3n) is 7.99. The highest BCUT2D eigenvalue weighted by molar-refractivity contribution is 6.08. The molecule has 0 spiro atoms. The maximum atomic E-state index is 13.2. The monoisotopic (exact) mass is 647 g/mol. The molecule has 4 aromatic rings. The zero-order valence-electron chi connectivity index (χ0n) is 24.9. The molecule has 1 unspecified atom stereocenters. The van der Waals surface area contributed by atoms with Crippen molar-refractivity contribution in [3.05, 3.63) is 120 Å². The number of amides is 1. The summed E-state index contributed by atoms with van der Waals surface area (Å²) in [4.78, 5) is 25.8. The van der Waals surface area contributed by atoms with Gasteiger partial charge < -0.3 is 15.4 Å². The number of alkyl halides is 3. The number of carbonyl (C=O) groups is 2. The van der Waals surface area contributed by atoms with Gasteiger partial charge in [-0.1, -0.05) is 75.5 Å². The Bertz CT molecular complexity index is 1570. The minimum atomic E-state index is -4.43. The first-order valence-corrected chi connectivity index (χ1v) is 15.1. The Labute approximate surface area is 275 Å². The van der Waals surface area contributed by atoms with Crippen molar-refractivity contribution in [2.24, 2.45) is 0 Å². The number of hydrogen-bond donors (Lipinski definition) is 3. The second kappa shape index (κ2) is 16.8. The van der Waals surface area contributed by atoms with Gasteiger partial charge in [0.2, 0.25) is 0 Å². The summed E-state index contributed by atoms with van der Waals surface area (Å²) in [6.07, 6.45) is -0.743. The predicted octanol–water partition coefficient (Wildman–Crippen LogP) is 9.51. The minimum Gasteiger partial charge on any atom is -0.465 e. The Balaban J connectivity index is 0.00000300. The molecule has 1 atom stereocenters. The van der Waals surface area contributed by atoms with E-state index in [4.69, 9.17) is 4.74 Å². The number of ether oxygens (including phenoxy) is 1. The molecule has 0 aliphatic heterocycles. The lowest BCUT2D eigenvalue weighted by Gasteiger charge is -2.32. The van der Waals surface area contributed by atoms with E-state index in [2.05, 4.69) is 16.0 Å². The van der Waals surface area contributed by atoms with Crippen molar-refractivity contribution < 1.29 is 27.5 Å². The van der Waals surface area contributed by atoms with E-state index in [0.717, 1.165) is 49.1 Å². The van der Waals surface area contributed by atoms with Crippen LogP contribution in [0.4, 0.5) is 24.5 Å². The van der Waals surface area contributed by atoms with Crippen LogP contribution in [-0.2, 0) is 15.7 Å². The van der Waals surface area contributed by atoms with Gasteiger partial charge in [0.15, 0.2) is 0 Å². The Kier molecular flexibility index (Phi) is 13.2. The molecule has 3 N–H and O–H groups in total. The van der Waals surface area contributed by atoms with Crippen molar-refractivity contribution in [3.63, 3.8) is 0 Å². The van der Waals surface area contributed by atoms with E-state index in [-0.39, 0.29) is 38.8 Å². The highest BCUT2D eigenvalue weighted by Crippen LogP contribution is 2.32. The van der Waals surface area contributed by atoms with Gasteiger partial charge in [-0.15, -0.1) is 0 Å². The van der Waals surface area contributed by atoms with E-state index < -0.39 is 17.8 Å². The summed E-state index contributed by atoms with van der Waals surface area (Å²) in [5.74, 6) is -0.618. The number of hydrogen-bond acceptors (Lipinski definition) is 5. The molecule has 0 saturated heterocycles. The Morgan fingerprint density at radius 2 is 1.34 bits per heavy atom. The van der Waals surface area contributed by atoms with Crippen molar-refractivity contribution >= 4 is 23.3 Å². The molecule has 0 aromatic heterocycles. The Hall–Kier alpha value is -4.63. The molecule has 1 saturated carbocycles. The van der Waals surface area contributed by atoms with Gasteiger partial charge in [-0.2, -0.15) is 13.2 Å². The fraction of sp³-hybridized carbons (Fsp3) is 0.316. The first-order chi connectivity index (χ1) is 21.7. The van der Waals surface area contributed by atoms with Crippen LogP contribution in [0.3, 0.4) is 0 Å². The predicted molar refractivity (Wildman–Crippen MR) is 183 cm³/mol. The number of rotatable bonds is 10. The highest BCUT2D eigenvalue weighted by Gasteiger charge is 2.30. The fourth-order valence-corrected chi connectivity index (χ4v) is 5.67. The van der Waals surface area contributed by atoms with Crippen LogP contribution in [0, 0.1) is 0 Å². The maximum absolute atomic E-state index is 13.2. The lowest BCUT2D eigenvalue weighted by atomic mass is 9.90. The molecule has 1 aliphatic rings. The molecular weight excluding hydrogens is 603 g/mol. The molecule has 1 fully saturated rings. The summed E-state index contributed by atoms with van der Waals surface area (Å²) in [5.41, 5.74) is 3.13. The van der Waals surface area contributed by atoms with Crippen LogP contribution >= 0.6 is 0 Å². The summed E-state index contributed by atoms with van der Waals surface area (Å²) in [6, 6.07) is 28.7. The van der Waals surface area contributed by atoms with Crippen LogP contribution in [0.15, 0.2) is 103 Å². The van der Waals surface area contributed by atoms with Gasteiger partial charge in [0, 0.05) is 29.0 Å². The quantitative estimate of drug-likeness (QED) is 0.150. The lowest BCUT2D eigenvalue weighted by molar-refractivity contribution is -0.146. The fourth-order valence-electron chi connectivity index (χ4n) is 5.67. The largest absolute Gasteiger partial charge is 0.465 e. The van der Waals surface area contributed by atoms with Gasteiger partial charge in [-0.3, -0.25) is 10.1 Å². The summed E-state index contributed by atoms with van der Waals surface area (Å²) in [5, 5.41) is 9.99. The summed E-state index contributed by atoms with van der Waals surface area (Å²) in [7, 11) is 0. The van der Waals surface area contributed by atoms with Crippen LogP contribution in [0.2, 0.25) is 0 Å². The molecule has 0 bridgehead atoms. The SMILES string of the molecule is C.C.CCOC(=O)C(NC1CCC(Nc2ccc(NC(=O)c3ccccc3-c3ccc(C(F)(F)F)cc3)cc2)CC1)c1ccccc1. The topological polar surface area (TPSA) is 79.5 Å². The van der Waals surface area contributed by atoms with Gasteiger partial charge >= 0.3 is 12.1 Å². The van der Waals surface area contributed by atoms with Crippen LogP contribution in [0.25, 0.3) is 11.1 Å².